The lowest BCUT2D eigenvalue weighted by atomic mass is 10.1. The van der Waals surface area contributed by atoms with Gasteiger partial charge in [0.2, 0.25) is 11.8 Å². The number of carbonyl (C=O) groups excluding carboxylic acids is 1. The van der Waals surface area contributed by atoms with E-state index in [0.717, 1.165) is 12.1 Å². The molecule has 0 radical (unpaired) electrons. The summed E-state index contributed by atoms with van der Waals surface area (Å²) in [6.45, 7) is 4.47. The van der Waals surface area contributed by atoms with Gasteiger partial charge in [0.05, 0.1) is 26.5 Å². The van der Waals surface area contributed by atoms with Gasteiger partial charge in [0.15, 0.2) is 5.76 Å². The van der Waals surface area contributed by atoms with Crippen LogP contribution < -0.4 is 14.8 Å². The van der Waals surface area contributed by atoms with Gasteiger partial charge in [-0.3, -0.25) is 4.79 Å². The molecule has 0 aromatic carbocycles. The normalized spacial score (nSPS) is 10.7. The molecule has 0 aliphatic carbocycles. The van der Waals surface area contributed by atoms with Crippen LogP contribution >= 0.6 is 0 Å². The minimum absolute atomic E-state index is 0.208. The molecule has 2 aromatic rings. The van der Waals surface area contributed by atoms with E-state index in [1.54, 1.807) is 12.1 Å². The fourth-order valence-corrected chi connectivity index (χ4v) is 2.08. The number of methoxy groups -OCH3 is 2. The summed E-state index contributed by atoms with van der Waals surface area (Å²) in [5.74, 6) is 1.39. The minimum Gasteiger partial charge on any atom is -0.481 e. The van der Waals surface area contributed by atoms with Crippen LogP contribution in [-0.4, -0.2) is 30.3 Å². The van der Waals surface area contributed by atoms with Gasteiger partial charge in [-0.15, -0.1) is 0 Å². The maximum Gasteiger partial charge on any atom is 0.257 e. The summed E-state index contributed by atoms with van der Waals surface area (Å²) in [4.78, 5) is 16.3. The van der Waals surface area contributed by atoms with E-state index in [9.17, 15) is 4.79 Å². The van der Waals surface area contributed by atoms with Gasteiger partial charge in [0.1, 0.15) is 5.56 Å². The zero-order valence-corrected chi connectivity index (χ0v) is 13.8. The van der Waals surface area contributed by atoms with Gasteiger partial charge >= 0.3 is 0 Å². The average molecular weight is 319 g/mol. The number of ether oxygens (including phenoxy) is 2. The van der Waals surface area contributed by atoms with Crippen LogP contribution in [0.15, 0.2) is 22.7 Å². The van der Waals surface area contributed by atoms with Gasteiger partial charge in [-0.1, -0.05) is 19.0 Å². The van der Waals surface area contributed by atoms with Crippen LogP contribution in [0.1, 0.15) is 35.7 Å². The van der Waals surface area contributed by atoms with Crippen molar-refractivity contribution in [2.45, 2.75) is 26.8 Å². The Bertz CT molecular complexity index is 667. The van der Waals surface area contributed by atoms with Crippen molar-refractivity contribution in [3.63, 3.8) is 0 Å². The fraction of sp³-hybridized carbons (Fsp3) is 0.438. The second kappa shape index (κ2) is 7.62. The minimum atomic E-state index is -0.307. The largest absolute Gasteiger partial charge is 0.481 e. The molecular formula is C16H21N3O4. The van der Waals surface area contributed by atoms with E-state index < -0.39 is 0 Å². The lowest BCUT2D eigenvalue weighted by molar-refractivity contribution is 0.0943. The molecule has 2 heterocycles. The van der Waals surface area contributed by atoms with Crippen LogP contribution in [0.3, 0.4) is 0 Å². The van der Waals surface area contributed by atoms with E-state index in [4.69, 9.17) is 14.0 Å². The van der Waals surface area contributed by atoms with Gasteiger partial charge in [0, 0.05) is 12.1 Å². The number of nitrogens with one attached hydrogen (secondary N) is 1. The maximum atomic E-state index is 12.2. The average Bonchev–Trinajstić information content (AvgIpc) is 2.98. The summed E-state index contributed by atoms with van der Waals surface area (Å²) in [6.07, 6.45) is 0.841. The van der Waals surface area contributed by atoms with E-state index in [-0.39, 0.29) is 18.3 Å². The summed E-state index contributed by atoms with van der Waals surface area (Å²) < 4.78 is 15.3. The molecule has 23 heavy (non-hydrogen) atoms. The number of hydrogen-bond donors (Lipinski definition) is 1. The first-order chi connectivity index (χ1) is 11.0. The molecule has 7 nitrogen and oxygen atoms in total. The quantitative estimate of drug-likeness (QED) is 0.842. The Hall–Kier alpha value is -2.57. The Kier molecular flexibility index (Phi) is 5.56. The van der Waals surface area contributed by atoms with Crippen LogP contribution in [0.5, 0.6) is 11.8 Å². The molecule has 0 spiro atoms. The zero-order valence-electron chi connectivity index (χ0n) is 13.8. The molecule has 0 atom stereocenters. The second-order valence-electron chi connectivity index (χ2n) is 5.48. The van der Waals surface area contributed by atoms with Gasteiger partial charge in [0.25, 0.3) is 5.91 Å². The van der Waals surface area contributed by atoms with Crippen LogP contribution in [-0.2, 0) is 13.0 Å². The number of aromatic nitrogens is 2. The third-order valence-electron chi connectivity index (χ3n) is 3.13. The molecular weight excluding hydrogens is 298 g/mol. The highest BCUT2D eigenvalue weighted by Crippen LogP contribution is 2.19. The van der Waals surface area contributed by atoms with Crippen molar-refractivity contribution in [2.75, 3.05) is 14.2 Å². The molecule has 0 aliphatic heterocycles. The third-order valence-corrected chi connectivity index (χ3v) is 3.13. The van der Waals surface area contributed by atoms with E-state index in [1.807, 2.05) is 6.07 Å². The third kappa shape index (κ3) is 4.45. The number of amides is 1. The number of nitrogens with zero attached hydrogens (tertiary/aromatic N) is 2. The molecule has 124 valence electrons. The Morgan fingerprint density at radius 1 is 1.30 bits per heavy atom. The van der Waals surface area contributed by atoms with Crippen molar-refractivity contribution in [3.8, 4) is 11.8 Å². The molecule has 0 unspecified atom stereocenters. The highest BCUT2D eigenvalue weighted by molar-refractivity contribution is 5.96. The summed E-state index contributed by atoms with van der Waals surface area (Å²) in [5.41, 5.74) is 1.21. The lowest BCUT2D eigenvalue weighted by Gasteiger charge is -2.08. The number of carbonyl (C=O) groups is 1. The Labute approximate surface area is 135 Å². The van der Waals surface area contributed by atoms with E-state index in [2.05, 4.69) is 29.3 Å². The Balaban J connectivity index is 2.00. The molecule has 0 saturated heterocycles. The van der Waals surface area contributed by atoms with Crippen molar-refractivity contribution in [3.05, 3.63) is 35.2 Å². The zero-order chi connectivity index (χ0) is 16.8. The molecule has 0 fully saturated rings. The molecule has 0 saturated carbocycles. The summed E-state index contributed by atoms with van der Waals surface area (Å²) in [6, 6.07) is 5.06. The van der Waals surface area contributed by atoms with Crippen molar-refractivity contribution >= 4 is 5.91 Å². The molecule has 7 heteroatoms. The summed E-state index contributed by atoms with van der Waals surface area (Å²) in [5, 5.41) is 6.74. The highest BCUT2D eigenvalue weighted by atomic mass is 16.5. The standard InChI is InChI=1S/C16H21N3O4/c1-10(2)7-11-8-12(23-19-11)9-17-15(20)13-5-6-14(21-3)18-16(13)22-4/h5-6,8,10H,7,9H2,1-4H3,(H,17,20). The van der Waals surface area contributed by atoms with Gasteiger partial charge in [-0.25, -0.2) is 0 Å². The smallest absolute Gasteiger partial charge is 0.257 e. The van der Waals surface area contributed by atoms with E-state index in [1.165, 1.54) is 14.2 Å². The predicted molar refractivity (Wildman–Crippen MR) is 83.6 cm³/mol. The molecule has 1 amide bonds. The molecule has 0 aliphatic rings. The van der Waals surface area contributed by atoms with Gasteiger partial charge < -0.3 is 19.3 Å². The number of rotatable bonds is 7. The molecule has 1 N–H and O–H groups in total. The highest BCUT2D eigenvalue weighted by Gasteiger charge is 2.15. The first kappa shape index (κ1) is 16.8. The Morgan fingerprint density at radius 3 is 2.74 bits per heavy atom. The molecule has 2 aromatic heterocycles. The molecule has 0 bridgehead atoms. The van der Waals surface area contributed by atoms with Crippen LogP contribution in [0.4, 0.5) is 0 Å². The van der Waals surface area contributed by atoms with Gasteiger partial charge in [-0.05, 0) is 18.4 Å². The monoisotopic (exact) mass is 319 g/mol. The van der Waals surface area contributed by atoms with Gasteiger partial charge in [-0.2, -0.15) is 4.98 Å². The molecule has 2 rings (SSSR count). The van der Waals surface area contributed by atoms with Crippen LogP contribution in [0, 0.1) is 5.92 Å². The van der Waals surface area contributed by atoms with Crippen LogP contribution in [0.25, 0.3) is 0 Å². The van der Waals surface area contributed by atoms with Crippen molar-refractivity contribution in [1.29, 1.82) is 0 Å². The second-order valence-corrected chi connectivity index (χ2v) is 5.48. The predicted octanol–water partition coefficient (Wildman–Crippen LogP) is 2.22. The van der Waals surface area contributed by atoms with Crippen molar-refractivity contribution < 1.29 is 18.8 Å². The summed E-state index contributed by atoms with van der Waals surface area (Å²) in [7, 11) is 2.95. The topological polar surface area (TPSA) is 86.5 Å². The Morgan fingerprint density at radius 2 is 2.09 bits per heavy atom. The first-order valence-corrected chi connectivity index (χ1v) is 7.35. The summed E-state index contributed by atoms with van der Waals surface area (Å²) >= 11 is 0. The number of pyridine rings is 1. The van der Waals surface area contributed by atoms with E-state index >= 15 is 0 Å². The van der Waals surface area contributed by atoms with Crippen molar-refractivity contribution in [2.24, 2.45) is 5.92 Å². The SMILES string of the molecule is COc1ccc(C(=O)NCc2cc(CC(C)C)no2)c(OC)n1. The van der Waals surface area contributed by atoms with E-state index in [0.29, 0.717) is 23.1 Å². The van der Waals surface area contributed by atoms with Crippen LogP contribution in [0.2, 0.25) is 0 Å². The maximum absolute atomic E-state index is 12.2. The number of hydrogen-bond acceptors (Lipinski definition) is 6. The fourth-order valence-electron chi connectivity index (χ4n) is 2.08. The van der Waals surface area contributed by atoms with Crippen molar-refractivity contribution in [1.82, 2.24) is 15.5 Å². The first-order valence-electron chi connectivity index (χ1n) is 7.35. The lowest BCUT2D eigenvalue weighted by Crippen LogP contribution is -2.23.